The number of rotatable bonds is 7. The number of methoxy groups -OCH3 is 2. The van der Waals surface area contributed by atoms with Crippen molar-refractivity contribution in [2.45, 2.75) is 45.0 Å². The zero-order valence-corrected chi connectivity index (χ0v) is 20.8. The molecule has 0 spiro atoms. The minimum absolute atomic E-state index is 0.196. The summed E-state index contributed by atoms with van der Waals surface area (Å²) in [7, 11) is 3.14. The van der Waals surface area contributed by atoms with Crippen LogP contribution in [0.3, 0.4) is 0 Å². The van der Waals surface area contributed by atoms with Crippen LogP contribution in [0, 0.1) is 6.92 Å². The molecule has 1 atom stereocenters. The average Bonchev–Trinajstić information content (AvgIpc) is 2.97. The molecular formula is C25H28N4O4S. The smallest absolute Gasteiger partial charge is 0.247 e. The molecule has 9 heteroatoms. The third kappa shape index (κ3) is 4.52. The molecule has 0 saturated heterocycles. The van der Waals surface area contributed by atoms with Gasteiger partial charge in [-0.1, -0.05) is 42.8 Å². The molecular weight excluding hydrogens is 452 g/mol. The number of thioether (sulfide) groups is 1. The Morgan fingerprint density at radius 1 is 1.18 bits per heavy atom. The van der Waals surface area contributed by atoms with Crippen LogP contribution in [0.5, 0.6) is 17.4 Å². The van der Waals surface area contributed by atoms with E-state index < -0.39 is 6.23 Å². The molecule has 0 bridgehead atoms. The van der Waals surface area contributed by atoms with Gasteiger partial charge in [-0.2, -0.15) is 4.98 Å². The Labute approximate surface area is 203 Å². The van der Waals surface area contributed by atoms with Gasteiger partial charge in [0.1, 0.15) is 0 Å². The number of nitrogens with zero attached hydrogens (tertiary/aromatic N) is 4. The molecule has 178 valence electrons. The third-order valence-corrected chi connectivity index (χ3v) is 6.45. The topological polar surface area (TPSA) is 86.7 Å². The van der Waals surface area contributed by atoms with E-state index in [2.05, 4.69) is 17.1 Å². The largest absolute Gasteiger partial charge is 0.493 e. The first kappa shape index (κ1) is 23.8. The summed E-state index contributed by atoms with van der Waals surface area (Å²) in [6, 6.07) is 11.3. The van der Waals surface area contributed by atoms with Crippen molar-refractivity contribution in [3.05, 3.63) is 47.5 Å². The van der Waals surface area contributed by atoms with E-state index in [1.807, 2.05) is 37.3 Å². The Kier molecular flexibility index (Phi) is 7.21. The van der Waals surface area contributed by atoms with Gasteiger partial charge in [0, 0.05) is 18.2 Å². The van der Waals surface area contributed by atoms with Crippen molar-refractivity contribution in [1.82, 2.24) is 15.2 Å². The summed E-state index contributed by atoms with van der Waals surface area (Å²) >= 11 is 1.54. The van der Waals surface area contributed by atoms with E-state index in [0.717, 1.165) is 29.7 Å². The van der Waals surface area contributed by atoms with E-state index in [0.29, 0.717) is 39.5 Å². The molecule has 1 aliphatic heterocycles. The molecule has 0 N–H and O–H groups in total. The zero-order chi connectivity index (χ0) is 24.2. The van der Waals surface area contributed by atoms with E-state index in [1.165, 1.54) is 18.7 Å². The van der Waals surface area contributed by atoms with Gasteiger partial charge in [0.25, 0.3) is 0 Å². The molecule has 1 aliphatic rings. The number of ether oxygens (including phenoxy) is 3. The number of amides is 1. The lowest BCUT2D eigenvalue weighted by molar-refractivity contribution is -0.118. The highest BCUT2D eigenvalue weighted by atomic mass is 32.2. The minimum Gasteiger partial charge on any atom is -0.493 e. The maximum Gasteiger partial charge on any atom is 0.247 e. The molecule has 0 radical (unpaired) electrons. The normalized spacial score (nSPS) is 14.5. The van der Waals surface area contributed by atoms with Crippen molar-refractivity contribution < 1.29 is 19.0 Å². The first-order chi connectivity index (χ1) is 16.5. The first-order valence-corrected chi connectivity index (χ1v) is 12.1. The molecule has 4 rings (SSSR count). The third-order valence-electron chi connectivity index (χ3n) is 5.53. The lowest BCUT2D eigenvalue weighted by Gasteiger charge is -2.31. The van der Waals surface area contributed by atoms with E-state index in [-0.39, 0.29) is 5.91 Å². The molecule has 2 heterocycles. The summed E-state index contributed by atoms with van der Waals surface area (Å²) in [4.78, 5) is 19.3. The van der Waals surface area contributed by atoms with Crippen LogP contribution in [0.1, 0.15) is 44.0 Å². The van der Waals surface area contributed by atoms with Crippen LogP contribution < -0.4 is 19.1 Å². The fraction of sp³-hybridized carbons (Fsp3) is 0.360. The summed E-state index contributed by atoms with van der Waals surface area (Å²) < 4.78 is 17.6. The molecule has 3 aromatic rings. The van der Waals surface area contributed by atoms with Crippen molar-refractivity contribution in [3.8, 4) is 28.6 Å². The van der Waals surface area contributed by atoms with Crippen LogP contribution in [0.15, 0.2) is 41.6 Å². The second-order valence-corrected chi connectivity index (χ2v) is 8.97. The van der Waals surface area contributed by atoms with Crippen LogP contribution in [0.4, 0.5) is 5.69 Å². The van der Waals surface area contributed by atoms with E-state index in [9.17, 15) is 4.79 Å². The van der Waals surface area contributed by atoms with Crippen molar-refractivity contribution in [2.24, 2.45) is 0 Å². The number of aromatic nitrogens is 3. The number of aryl methyl sites for hydroxylation is 1. The second kappa shape index (κ2) is 10.3. The van der Waals surface area contributed by atoms with Crippen molar-refractivity contribution in [2.75, 3.05) is 24.9 Å². The van der Waals surface area contributed by atoms with Gasteiger partial charge in [-0.05, 0) is 37.6 Å². The number of benzene rings is 2. The number of unbranched alkanes of at least 4 members (excludes halogenated alkanes) is 1. The number of anilines is 1. The zero-order valence-electron chi connectivity index (χ0n) is 20.0. The van der Waals surface area contributed by atoms with Crippen LogP contribution in [0.2, 0.25) is 0 Å². The van der Waals surface area contributed by atoms with Gasteiger partial charge in [-0.3, -0.25) is 9.69 Å². The fourth-order valence-corrected chi connectivity index (χ4v) is 4.76. The Morgan fingerprint density at radius 3 is 2.71 bits per heavy atom. The maximum absolute atomic E-state index is 13.0. The Morgan fingerprint density at radius 2 is 2.00 bits per heavy atom. The molecule has 1 amide bonds. The lowest BCUT2D eigenvalue weighted by atomic mass is 10.0. The molecule has 0 unspecified atom stereocenters. The van der Waals surface area contributed by atoms with E-state index >= 15 is 0 Å². The highest BCUT2D eigenvalue weighted by Gasteiger charge is 2.36. The monoisotopic (exact) mass is 480 g/mol. The predicted molar refractivity (Wildman–Crippen MR) is 132 cm³/mol. The van der Waals surface area contributed by atoms with Gasteiger partial charge in [0.05, 0.1) is 25.5 Å². The molecule has 1 aromatic heterocycles. The van der Waals surface area contributed by atoms with E-state index in [4.69, 9.17) is 19.2 Å². The molecule has 0 fully saturated rings. The number of carbonyl (C=O) groups is 1. The van der Waals surface area contributed by atoms with Crippen molar-refractivity contribution in [1.29, 1.82) is 0 Å². The molecule has 0 aliphatic carbocycles. The Bertz CT molecular complexity index is 1200. The minimum atomic E-state index is -0.851. The van der Waals surface area contributed by atoms with Crippen LogP contribution in [0.25, 0.3) is 11.3 Å². The molecule has 0 saturated carbocycles. The predicted octanol–water partition coefficient (Wildman–Crippen LogP) is 5.20. The van der Waals surface area contributed by atoms with Gasteiger partial charge in [0.2, 0.25) is 23.2 Å². The quantitative estimate of drug-likeness (QED) is 0.337. The SMILES string of the molecule is CCCCSc1nnc2c(n1)O[C@H](c1cccc(OC)c1OC)N(C(C)=O)c1ccc(C)cc1-2. The highest BCUT2D eigenvalue weighted by molar-refractivity contribution is 7.99. The van der Waals surface area contributed by atoms with Gasteiger partial charge >= 0.3 is 0 Å². The van der Waals surface area contributed by atoms with Crippen LogP contribution >= 0.6 is 11.8 Å². The lowest BCUT2D eigenvalue weighted by Crippen LogP contribution is -2.36. The number of para-hydroxylation sites is 1. The number of carbonyl (C=O) groups excluding carboxylic acids is 1. The van der Waals surface area contributed by atoms with E-state index in [1.54, 1.807) is 25.2 Å². The van der Waals surface area contributed by atoms with Crippen molar-refractivity contribution in [3.63, 3.8) is 0 Å². The summed E-state index contributed by atoms with van der Waals surface area (Å²) in [5.41, 5.74) is 3.55. The number of hydrogen-bond donors (Lipinski definition) is 0. The molecule has 8 nitrogen and oxygen atoms in total. The van der Waals surface area contributed by atoms with Gasteiger partial charge in [-0.15, -0.1) is 10.2 Å². The summed E-state index contributed by atoms with van der Waals surface area (Å²) in [5, 5.41) is 9.36. The molecule has 2 aromatic carbocycles. The van der Waals surface area contributed by atoms with Gasteiger partial charge in [0.15, 0.2) is 17.2 Å². The Hall–Kier alpha value is -3.33. The second-order valence-electron chi connectivity index (χ2n) is 7.91. The number of fused-ring (bicyclic) bond motifs is 3. The maximum atomic E-state index is 13.0. The van der Waals surface area contributed by atoms with Gasteiger partial charge in [-0.25, -0.2) is 0 Å². The van der Waals surface area contributed by atoms with Crippen LogP contribution in [-0.2, 0) is 4.79 Å². The standard InChI is InChI=1S/C25H28N4O4S/c1-6-7-13-34-25-26-23-21(27-28-25)18-14-15(2)11-12-19(18)29(16(3)30)24(33-23)17-9-8-10-20(31-4)22(17)32-5/h8-12,14,24H,6-7,13H2,1-5H3/t24-/m1/s1. The Balaban J connectivity index is 1.93. The average molecular weight is 481 g/mol. The summed E-state index contributed by atoms with van der Waals surface area (Å²) in [5.74, 6) is 2.03. The van der Waals surface area contributed by atoms with Crippen LogP contribution in [-0.4, -0.2) is 41.1 Å². The fourth-order valence-electron chi connectivity index (χ4n) is 3.90. The summed E-state index contributed by atoms with van der Waals surface area (Å²) in [6.45, 7) is 5.64. The van der Waals surface area contributed by atoms with Gasteiger partial charge < -0.3 is 14.2 Å². The van der Waals surface area contributed by atoms with Crippen molar-refractivity contribution >= 4 is 23.4 Å². The number of hydrogen-bond acceptors (Lipinski definition) is 8. The molecule has 34 heavy (non-hydrogen) atoms. The first-order valence-electron chi connectivity index (χ1n) is 11.1. The summed E-state index contributed by atoms with van der Waals surface area (Å²) in [6.07, 6.45) is 1.28. The highest BCUT2D eigenvalue weighted by Crippen LogP contribution is 2.46.